The van der Waals surface area contributed by atoms with E-state index in [-0.39, 0.29) is 5.97 Å². The Morgan fingerprint density at radius 3 is 1.75 bits per heavy atom. The van der Waals surface area contributed by atoms with E-state index in [1.807, 2.05) is 4.99 Å². The molecule has 0 aliphatic heterocycles. The van der Waals surface area contributed by atoms with Gasteiger partial charge in [-0.25, -0.2) is 0 Å². The lowest BCUT2D eigenvalue weighted by Gasteiger charge is -2.02. The maximum atomic E-state index is 10.9. The number of rotatable bonds is 14. The van der Waals surface area contributed by atoms with Crippen LogP contribution in [0.2, 0.25) is 0 Å². The highest BCUT2D eigenvalue weighted by Gasteiger charge is 1.99. The summed E-state index contributed by atoms with van der Waals surface area (Å²) in [5.41, 5.74) is 0. The number of allylic oxidation sites excluding steroid dienone is 1. The molecule has 0 fully saturated rings. The van der Waals surface area contributed by atoms with Gasteiger partial charge in [0.2, 0.25) is 0 Å². The zero-order valence-electron chi connectivity index (χ0n) is 13.0. The van der Waals surface area contributed by atoms with Crippen LogP contribution in [0.4, 0.5) is 0 Å². The number of carbonyl (C=O) groups is 1. The molecule has 0 heterocycles. The van der Waals surface area contributed by atoms with Crippen molar-refractivity contribution in [2.24, 2.45) is 0 Å². The first-order valence-corrected chi connectivity index (χ1v) is 9.05. The molecule has 2 nitrogen and oxygen atoms in total. The Morgan fingerprint density at radius 1 is 0.850 bits per heavy atom. The minimum Gasteiger partial charge on any atom is -0.469 e. The van der Waals surface area contributed by atoms with E-state index in [9.17, 15) is 4.79 Å². The molecule has 0 aliphatic rings. The lowest BCUT2D eigenvalue weighted by Crippen LogP contribution is -1.99. The number of halogens is 1. The van der Waals surface area contributed by atoms with Gasteiger partial charge in [0, 0.05) is 6.42 Å². The molecular weight excluding hydrogens is 316 g/mol. The first-order valence-electron chi connectivity index (χ1n) is 8.13. The predicted octanol–water partition coefficient (Wildman–Crippen LogP) is 6.14. The zero-order chi connectivity index (χ0) is 14.9. The van der Waals surface area contributed by atoms with Gasteiger partial charge in [-0.3, -0.25) is 4.79 Å². The van der Waals surface area contributed by atoms with Gasteiger partial charge >= 0.3 is 5.97 Å². The molecule has 0 aromatic rings. The topological polar surface area (TPSA) is 26.3 Å². The van der Waals surface area contributed by atoms with Crippen molar-refractivity contribution in [3.8, 4) is 0 Å². The molecule has 0 rings (SSSR count). The zero-order valence-corrected chi connectivity index (χ0v) is 14.6. The van der Waals surface area contributed by atoms with E-state index in [0.29, 0.717) is 6.42 Å². The maximum Gasteiger partial charge on any atom is 0.305 e. The van der Waals surface area contributed by atoms with Gasteiger partial charge in [-0.05, 0) is 24.2 Å². The van der Waals surface area contributed by atoms with Crippen molar-refractivity contribution in [1.29, 1.82) is 0 Å². The number of unbranched alkanes of at least 4 members (excludes halogenated alkanes) is 11. The fourth-order valence-corrected chi connectivity index (χ4v) is 2.55. The van der Waals surface area contributed by atoms with Gasteiger partial charge < -0.3 is 4.74 Å². The molecule has 0 N–H and O–H groups in total. The van der Waals surface area contributed by atoms with Gasteiger partial charge in [-0.15, -0.1) is 0 Å². The summed E-state index contributed by atoms with van der Waals surface area (Å²) in [6.45, 7) is 0. The van der Waals surface area contributed by atoms with Crippen LogP contribution < -0.4 is 0 Å². The summed E-state index contributed by atoms with van der Waals surface area (Å²) >= 11 is 3.29. The smallest absolute Gasteiger partial charge is 0.305 e. The van der Waals surface area contributed by atoms with Crippen LogP contribution in [0.1, 0.15) is 83.5 Å². The largest absolute Gasteiger partial charge is 0.469 e. The second-order valence-electron chi connectivity index (χ2n) is 5.37. The Balaban J connectivity index is 3.01. The van der Waals surface area contributed by atoms with Crippen molar-refractivity contribution in [2.75, 3.05) is 7.11 Å². The number of ether oxygens (including phenoxy) is 1. The van der Waals surface area contributed by atoms with Crippen molar-refractivity contribution in [3.63, 3.8) is 0 Å². The Morgan fingerprint density at radius 2 is 1.30 bits per heavy atom. The predicted molar refractivity (Wildman–Crippen MR) is 90.1 cm³/mol. The molecule has 0 aromatic carbocycles. The quantitative estimate of drug-likeness (QED) is 0.279. The molecule has 118 valence electrons. The molecular formula is C17H31BrO2. The molecule has 0 amide bonds. The summed E-state index contributed by atoms with van der Waals surface area (Å²) < 4.78 is 4.62. The molecule has 20 heavy (non-hydrogen) atoms. The summed E-state index contributed by atoms with van der Waals surface area (Å²) in [6.07, 6.45) is 18.3. The molecule has 0 saturated heterocycles. The summed E-state index contributed by atoms with van der Waals surface area (Å²) in [4.78, 5) is 12.9. The highest BCUT2D eigenvalue weighted by molar-refractivity contribution is 9.11. The molecule has 0 bridgehead atoms. The Kier molecular flexibility index (Phi) is 16.5. The first-order chi connectivity index (χ1) is 9.81. The molecule has 0 atom stereocenters. The first kappa shape index (κ1) is 19.7. The van der Waals surface area contributed by atoms with E-state index < -0.39 is 0 Å². The van der Waals surface area contributed by atoms with E-state index >= 15 is 0 Å². The van der Waals surface area contributed by atoms with Crippen LogP contribution >= 0.6 is 15.9 Å². The Bertz CT molecular complexity index is 239. The van der Waals surface area contributed by atoms with Gasteiger partial charge in [0.15, 0.2) is 0 Å². The SMILES string of the molecule is COC(=O)CCCCCCCCCCCCC/C=C\Br. The monoisotopic (exact) mass is 346 g/mol. The number of methoxy groups -OCH3 is 1. The summed E-state index contributed by atoms with van der Waals surface area (Å²) in [5.74, 6) is -0.0726. The second-order valence-corrected chi connectivity index (χ2v) is 5.89. The van der Waals surface area contributed by atoms with Crippen molar-refractivity contribution < 1.29 is 9.53 Å². The standard InChI is InChI=1S/C17H31BrO2/c1-20-17(19)15-13-11-9-7-5-3-2-4-6-8-10-12-14-16-18/h14,16H,2-13,15H2,1H3/b16-14-. The van der Waals surface area contributed by atoms with Crippen molar-refractivity contribution in [3.05, 3.63) is 11.1 Å². The number of carbonyl (C=O) groups excluding carboxylic acids is 1. The van der Waals surface area contributed by atoms with Crippen LogP contribution in [0.5, 0.6) is 0 Å². The number of esters is 1. The third kappa shape index (κ3) is 15.7. The molecule has 0 radical (unpaired) electrons. The summed E-state index contributed by atoms with van der Waals surface area (Å²) in [7, 11) is 1.46. The van der Waals surface area contributed by atoms with Crippen LogP contribution in [0, 0.1) is 0 Å². The van der Waals surface area contributed by atoms with E-state index in [1.54, 1.807) is 0 Å². The number of hydrogen-bond acceptors (Lipinski definition) is 2. The van der Waals surface area contributed by atoms with E-state index in [2.05, 4.69) is 26.7 Å². The van der Waals surface area contributed by atoms with Crippen LogP contribution in [0.3, 0.4) is 0 Å². The second kappa shape index (κ2) is 16.7. The molecule has 0 aromatic heterocycles. The summed E-state index contributed by atoms with van der Waals surface area (Å²) in [5, 5.41) is 0. The normalized spacial score (nSPS) is 11.1. The van der Waals surface area contributed by atoms with Gasteiger partial charge in [0.25, 0.3) is 0 Å². The minimum absolute atomic E-state index is 0.0726. The average Bonchev–Trinajstić information content (AvgIpc) is 2.47. The fraction of sp³-hybridized carbons (Fsp3) is 0.824. The third-order valence-corrected chi connectivity index (χ3v) is 3.94. The van der Waals surface area contributed by atoms with Crippen LogP contribution in [0.15, 0.2) is 11.1 Å². The van der Waals surface area contributed by atoms with E-state index in [0.717, 1.165) is 12.8 Å². The summed E-state index contributed by atoms with van der Waals surface area (Å²) in [6, 6.07) is 0. The maximum absolute atomic E-state index is 10.9. The van der Waals surface area contributed by atoms with E-state index in [1.165, 1.54) is 71.3 Å². The van der Waals surface area contributed by atoms with Gasteiger partial charge in [0.1, 0.15) is 0 Å². The van der Waals surface area contributed by atoms with Crippen molar-refractivity contribution in [1.82, 2.24) is 0 Å². The van der Waals surface area contributed by atoms with Crippen LogP contribution in [-0.2, 0) is 9.53 Å². The number of hydrogen-bond donors (Lipinski definition) is 0. The van der Waals surface area contributed by atoms with Crippen LogP contribution in [0.25, 0.3) is 0 Å². The molecule has 0 aliphatic carbocycles. The van der Waals surface area contributed by atoms with Crippen molar-refractivity contribution in [2.45, 2.75) is 83.5 Å². The van der Waals surface area contributed by atoms with Gasteiger partial charge in [-0.1, -0.05) is 79.8 Å². The van der Waals surface area contributed by atoms with Gasteiger partial charge in [-0.2, -0.15) is 0 Å². The molecule has 0 unspecified atom stereocenters. The lowest BCUT2D eigenvalue weighted by atomic mass is 10.0. The average molecular weight is 347 g/mol. The minimum atomic E-state index is -0.0726. The van der Waals surface area contributed by atoms with Crippen molar-refractivity contribution >= 4 is 21.9 Å². The third-order valence-electron chi connectivity index (χ3n) is 3.57. The van der Waals surface area contributed by atoms with Gasteiger partial charge in [0.05, 0.1) is 7.11 Å². The molecule has 3 heteroatoms. The molecule has 0 spiro atoms. The lowest BCUT2D eigenvalue weighted by molar-refractivity contribution is -0.140. The highest BCUT2D eigenvalue weighted by atomic mass is 79.9. The Labute approximate surface area is 133 Å². The van der Waals surface area contributed by atoms with Crippen LogP contribution in [-0.4, -0.2) is 13.1 Å². The van der Waals surface area contributed by atoms with E-state index in [4.69, 9.17) is 0 Å². The Hall–Kier alpha value is -0.310. The fourth-order valence-electron chi connectivity index (χ4n) is 2.29. The molecule has 0 saturated carbocycles. The highest BCUT2D eigenvalue weighted by Crippen LogP contribution is 2.12.